The Labute approximate surface area is 121 Å². The van der Waals surface area contributed by atoms with Crippen molar-refractivity contribution in [1.29, 1.82) is 0 Å². The van der Waals surface area contributed by atoms with Crippen LogP contribution in [0.4, 0.5) is 5.69 Å². The van der Waals surface area contributed by atoms with Crippen LogP contribution in [0, 0.1) is 10.1 Å². The lowest BCUT2D eigenvalue weighted by Crippen LogP contribution is -2.32. The number of carbonyl (C=O) groups excluding carboxylic acids is 1. The van der Waals surface area contributed by atoms with Gasteiger partial charge in [-0.3, -0.25) is 14.9 Å². The second-order valence-electron chi connectivity index (χ2n) is 4.18. The van der Waals surface area contributed by atoms with Gasteiger partial charge in [-0.1, -0.05) is 0 Å². The Hall–Kier alpha value is -1.47. The largest absolute Gasteiger partial charge is 0.460 e. The van der Waals surface area contributed by atoms with Crippen molar-refractivity contribution in [2.45, 2.75) is 25.5 Å². The molecule has 0 radical (unpaired) electrons. The Morgan fingerprint density at radius 3 is 2.63 bits per heavy atom. The van der Waals surface area contributed by atoms with Gasteiger partial charge < -0.3 is 10.1 Å². The van der Waals surface area contributed by atoms with E-state index in [-0.39, 0.29) is 41.3 Å². The Balaban J connectivity index is 0.00000180. The van der Waals surface area contributed by atoms with E-state index in [0.717, 1.165) is 24.9 Å². The number of carbonyl (C=O) groups is 1. The van der Waals surface area contributed by atoms with E-state index in [1.54, 1.807) is 12.1 Å². The van der Waals surface area contributed by atoms with Gasteiger partial charge in [0.05, 0.1) is 4.92 Å². The molecule has 1 aromatic rings. The molecule has 0 unspecified atom stereocenters. The summed E-state index contributed by atoms with van der Waals surface area (Å²) in [6.45, 7) is 0.992. The molecule has 1 atom stereocenters. The number of nitro benzene ring substituents is 1. The quantitative estimate of drug-likeness (QED) is 0.518. The maximum Gasteiger partial charge on any atom is 0.323 e. The molecule has 0 bridgehead atoms. The van der Waals surface area contributed by atoms with Crippen LogP contribution in [0.2, 0.25) is 0 Å². The summed E-state index contributed by atoms with van der Waals surface area (Å²) in [6.07, 6.45) is 1.79. The van der Waals surface area contributed by atoms with Crippen molar-refractivity contribution in [3.63, 3.8) is 0 Å². The summed E-state index contributed by atoms with van der Waals surface area (Å²) in [5.41, 5.74) is 0.773. The molecule has 2 rings (SSSR count). The maximum absolute atomic E-state index is 11.6. The number of nitro groups is 1. The van der Waals surface area contributed by atoms with Gasteiger partial charge in [-0.25, -0.2) is 0 Å². The molecule has 0 amide bonds. The summed E-state index contributed by atoms with van der Waals surface area (Å²) in [5.74, 6) is -0.258. The molecular weight excluding hydrogens is 316 g/mol. The molecule has 1 heterocycles. The molecule has 1 fully saturated rings. The number of nitrogens with zero attached hydrogens (tertiary/aromatic N) is 1. The van der Waals surface area contributed by atoms with E-state index in [2.05, 4.69) is 5.32 Å². The van der Waals surface area contributed by atoms with Crippen LogP contribution in [0.1, 0.15) is 18.4 Å². The highest BCUT2D eigenvalue weighted by atomic mass is 79.9. The fourth-order valence-electron chi connectivity index (χ4n) is 1.85. The lowest BCUT2D eigenvalue weighted by Gasteiger charge is -2.10. The van der Waals surface area contributed by atoms with Crippen LogP contribution in [0.15, 0.2) is 24.3 Å². The van der Waals surface area contributed by atoms with Gasteiger partial charge in [-0.15, -0.1) is 17.0 Å². The normalized spacial score (nSPS) is 17.6. The van der Waals surface area contributed by atoms with E-state index in [1.807, 2.05) is 0 Å². The lowest BCUT2D eigenvalue weighted by molar-refractivity contribution is -0.384. The number of halogens is 1. The van der Waals surface area contributed by atoms with Gasteiger partial charge >= 0.3 is 5.97 Å². The van der Waals surface area contributed by atoms with Crippen LogP contribution in [0.3, 0.4) is 0 Å². The Morgan fingerprint density at radius 1 is 1.42 bits per heavy atom. The summed E-state index contributed by atoms with van der Waals surface area (Å²) in [4.78, 5) is 21.6. The molecular formula is C12H15BrN2O4. The van der Waals surface area contributed by atoms with Gasteiger partial charge in [0.2, 0.25) is 0 Å². The molecule has 0 saturated carbocycles. The highest BCUT2D eigenvalue weighted by molar-refractivity contribution is 8.93. The van der Waals surface area contributed by atoms with Gasteiger partial charge in [-0.05, 0) is 37.1 Å². The van der Waals surface area contributed by atoms with Gasteiger partial charge in [-0.2, -0.15) is 0 Å². The third kappa shape index (κ3) is 4.29. The maximum atomic E-state index is 11.6. The molecule has 1 aliphatic heterocycles. The van der Waals surface area contributed by atoms with Crippen LogP contribution in [-0.2, 0) is 16.1 Å². The topological polar surface area (TPSA) is 81.5 Å². The number of benzene rings is 1. The zero-order valence-corrected chi connectivity index (χ0v) is 11.9. The van der Waals surface area contributed by atoms with Crippen molar-refractivity contribution in [3.8, 4) is 0 Å². The van der Waals surface area contributed by atoms with E-state index >= 15 is 0 Å². The molecule has 6 nitrogen and oxygen atoms in total. The average Bonchev–Trinajstić information content (AvgIpc) is 2.90. The number of ether oxygens (including phenoxy) is 1. The second-order valence-corrected chi connectivity index (χ2v) is 4.18. The van der Waals surface area contributed by atoms with Crippen molar-refractivity contribution >= 4 is 28.6 Å². The number of esters is 1. The fraction of sp³-hybridized carbons (Fsp3) is 0.417. The van der Waals surface area contributed by atoms with E-state index in [0.29, 0.717) is 0 Å². The SMILES string of the molecule is Br.O=C(OCc1ccc([N+](=O)[O-])cc1)[C@@H]1CCCN1. The van der Waals surface area contributed by atoms with Crippen LogP contribution >= 0.6 is 17.0 Å². The molecule has 19 heavy (non-hydrogen) atoms. The standard InChI is InChI=1S/C12H14N2O4.BrH/c15-12(11-2-1-7-13-11)18-8-9-3-5-10(6-4-9)14(16)17;/h3-6,11,13H,1-2,7-8H2;1H/t11-;/m0./s1. The molecule has 0 aromatic heterocycles. The van der Waals surface area contributed by atoms with Crippen LogP contribution < -0.4 is 5.32 Å². The first-order valence-electron chi connectivity index (χ1n) is 5.80. The van der Waals surface area contributed by atoms with Crippen LogP contribution in [0.25, 0.3) is 0 Å². The Bertz CT molecular complexity index is 444. The number of non-ortho nitro benzene ring substituents is 1. The highest BCUT2D eigenvalue weighted by Crippen LogP contribution is 2.13. The molecule has 1 N–H and O–H groups in total. The van der Waals surface area contributed by atoms with Crippen molar-refractivity contribution in [2.24, 2.45) is 0 Å². The number of hydrogen-bond acceptors (Lipinski definition) is 5. The predicted octanol–water partition coefficient (Wildman–Crippen LogP) is 1.97. The van der Waals surface area contributed by atoms with Gasteiger partial charge in [0, 0.05) is 12.1 Å². The van der Waals surface area contributed by atoms with E-state index in [1.165, 1.54) is 12.1 Å². The molecule has 1 aromatic carbocycles. The molecule has 1 saturated heterocycles. The van der Waals surface area contributed by atoms with Crippen molar-refractivity contribution < 1.29 is 14.5 Å². The zero-order valence-electron chi connectivity index (χ0n) is 10.2. The second kappa shape index (κ2) is 7.20. The summed E-state index contributed by atoms with van der Waals surface area (Å²) in [6, 6.07) is 5.78. The minimum atomic E-state index is -0.460. The molecule has 7 heteroatoms. The molecule has 1 aliphatic rings. The number of rotatable bonds is 4. The van der Waals surface area contributed by atoms with E-state index in [9.17, 15) is 14.9 Å². The smallest absolute Gasteiger partial charge is 0.323 e. The summed E-state index contributed by atoms with van der Waals surface area (Å²) >= 11 is 0. The van der Waals surface area contributed by atoms with Crippen LogP contribution in [-0.4, -0.2) is 23.5 Å². The van der Waals surface area contributed by atoms with Crippen LogP contribution in [0.5, 0.6) is 0 Å². The van der Waals surface area contributed by atoms with Gasteiger partial charge in [0.1, 0.15) is 12.6 Å². The summed E-state index contributed by atoms with van der Waals surface area (Å²) in [7, 11) is 0. The Kier molecular flexibility index (Phi) is 5.91. The fourth-order valence-corrected chi connectivity index (χ4v) is 1.85. The van der Waals surface area contributed by atoms with Crippen molar-refractivity contribution in [3.05, 3.63) is 39.9 Å². The predicted molar refractivity (Wildman–Crippen MR) is 74.2 cm³/mol. The number of hydrogen-bond donors (Lipinski definition) is 1. The highest BCUT2D eigenvalue weighted by Gasteiger charge is 2.23. The Morgan fingerprint density at radius 2 is 2.11 bits per heavy atom. The van der Waals surface area contributed by atoms with Gasteiger partial charge in [0.15, 0.2) is 0 Å². The number of nitrogens with one attached hydrogen (secondary N) is 1. The lowest BCUT2D eigenvalue weighted by atomic mass is 10.2. The first-order chi connectivity index (χ1) is 8.66. The average molecular weight is 331 g/mol. The molecule has 104 valence electrons. The summed E-state index contributed by atoms with van der Waals surface area (Å²) < 4.78 is 5.14. The van der Waals surface area contributed by atoms with Crippen molar-refractivity contribution in [2.75, 3.05) is 6.54 Å². The first-order valence-corrected chi connectivity index (χ1v) is 5.80. The third-order valence-electron chi connectivity index (χ3n) is 2.87. The summed E-state index contributed by atoms with van der Waals surface area (Å²) in [5, 5.41) is 13.5. The zero-order chi connectivity index (χ0) is 13.0. The molecule has 0 spiro atoms. The minimum Gasteiger partial charge on any atom is -0.460 e. The minimum absolute atomic E-state index is 0. The van der Waals surface area contributed by atoms with Gasteiger partial charge in [0.25, 0.3) is 5.69 Å². The molecule has 0 aliphatic carbocycles. The van der Waals surface area contributed by atoms with E-state index < -0.39 is 4.92 Å². The first kappa shape index (κ1) is 15.6. The monoisotopic (exact) mass is 330 g/mol. The van der Waals surface area contributed by atoms with E-state index in [4.69, 9.17) is 4.74 Å². The third-order valence-corrected chi connectivity index (χ3v) is 2.87. The van der Waals surface area contributed by atoms with Crippen molar-refractivity contribution in [1.82, 2.24) is 5.32 Å².